The lowest BCUT2D eigenvalue weighted by molar-refractivity contribution is -0.162. The van der Waals surface area contributed by atoms with Gasteiger partial charge in [-0.25, -0.2) is 19.4 Å². The summed E-state index contributed by atoms with van der Waals surface area (Å²) in [5.74, 6) is -3.76. The van der Waals surface area contributed by atoms with Crippen LogP contribution in [0.15, 0.2) is 54.0 Å². The van der Waals surface area contributed by atoms with Gasteiger partial charge in [0.15, 0.2) is 0 Å². The van der Waals surface area contributed by atoms with Crippen molar-refractivity contribution in [3.05, 3.63) is 70.9 Å². The van der Waals surface area contributed by atoms with Crippen LogP contribution < -0.4 is 27.0 Å². The fraction of sp³-hybridized carbons (Fsp3) is 0.521. The number of aromatic nitrogens is 1. The Kier molecular flexibility index (Phi) is 17.1. The minimum Gasteiger partial charge on any atom is -0.480 e. The Morgan fingerprint density at radius 3 is 2.17 bits per heavy atom. The lowest BCUT2D eigenvalue weighted by Crippen LogP contribution is -2.55. The number of hydrogen-bond acceptors (Lipinski definition) is 14. The topological polar surface area (TPSA) is 281 Å². The Morgan fingerprint density at radius 1 is 0.943 bits per heavy atom. The van der Waals surface area contributed by atoms with Gasteiger partial charge in [0.2, 0.25) is 23.8 Å². The zero-order valence-corrected chi connectivity index (χ0v) is 41.1. The number of likely N-dealkylation sites (tertiary alicyclic amines) is 1. The summed E-state index contributed by atoms with van der Waals surface area (Å²) < 4.78 is 17.2. The number of rotatable bonds is 17. The number of carbonyl (C=O) groups is 8. The van der Waals surface area contributed by atoms with Crippen molar-refractivity contribution in [1.29, 1.82) is 0 Å². The maximum atomic E-state index is 14.2. The molecular formula is C48H63N9O12S. The second kappa shape index (κ2) is 22.7. The van der Waals surface area contributed by atoms with Crippen LogP contribution in [0.5, 0.6) is 0 Å². The Balaban J connectivity index is 1.15. The van der Waals surface area contributed by atoms with Gasteiger partial charge in [0.05, 0.1) is 28.7 Å². The molecule has 3 aliphatic rings. The zero-order valence-electron chi connectivity index (χ0n) is 40.3. The molecule has 3 unspecified atom stereocenters. The molecule has 70 heavy (non-hydrogen) atoms. The highest BCUT2D eigenvalue weighted by Gasteiger charge is 2.52. The number of nitrogens with two attached hydrogens (primary N) is 1. The highest BCUT2D eigenvalue weighted by molar-refractivity contribution is 7.13. The van der Waals surface area contributed by atoms with E-state index in [2.05, 4.69) is 26.3 Å². The molecule has 5 atom stereocenters. The van der Waals surface area contributed by atoms with E-state index in [0.717, 1.165) is 21.7 Å². The molecule has 2 saturated heterocycles. The number of piperazine rings is 1. The fourth-order valence-corrected chi connectivity index (χ4v) is 9.20. The van der Waals surface area contributed by atoms with Crippen LogP contribution in [0.3, 0.4) is 0 Å². The lowest BCUT2D eigenvalue weighted by Gasteiger charge is -2.37. The first-order valence-electron chi connectivity index (χ1n) is 23.3. The summed E-state index contributed by atoms with van der Waals surface area (Å²) in [5.41, 5.74) is 7.62. The van der Waals surface area contributed by atoms with Gasteiger partial charge in [-0.1, -0.05) is 42.8 Å². The third-order valence-corrected chi connectivity index (χ3v) is 13.6. The number of hydrogen-bond donors (Lipinski definition) is 6. The van der Waals surface area contributed by atoms with Crippen LogP contribution in [-0.4, -0.2) is 143 Å². The lowest BCUT2D eigenvalue weighted by atomic mass is 9.68. The third-order valence-electron chi connectivity index (χ3n) is 12.6. The number of nitrogens with one attached hydrogen (secondary N) is 4. The van der Waals surface area contributed by atoms with Crippen molar-refractivity contribution in [3.63, 3.8) is 0 Å². The molecule has 1 aromatic heterocycles. The Labute approximate surface area is 410 Å². The summed E-state index contributed by atoms with van der Waals surface area (Å²) >= 11 is 1.53. The molecule has 1 aliphatic carbocycles. The average Bonchev–Trinajstić information content (AvgIpc) is 3.92. The molecule has 2 aromatic carbocycles. The summed E-state index contributed by atoms with van der Waals surface area (Å²) in [4.78, 5) is 116. The molecule has 3 heterocycles. The van der Waals surface area contributed by atoms with Crippen molar-refractivity contribution in [2.24, 2.45) is 11.1 Å². The van der Waals surface area contributed by atoms with Gasteiger partial charge < -0.3 is 56.1 Å². The van der Waals surface area contributed by atoms with Crippen LogP contribution in [0.2, 0.25) is 0 Å². The molecule has 22 heteroatoms. The first-order chi connectivity index (χ1) is 33.1. The molecule has 0 radical (unpaired) electrons. The number of primary amides is 1. The number of carboxylic acids is 1. The van der Waals surface area contributed by atoms with Gasteiger partial charge in [-0.2, -0.15) is 0 Å². The Bertz CT molecular complexity index is 2400. The predicted molar refractivity (Wildman–Crippen MR) is 256 cm³/mol. The largest absolute Gasteiger partial charge is 0.509 e. The van der Waals surface area contributed by atoms with E-state index in [4.69, 9.17) is 19.9 Å². The highest BCUT2D eigenvalue weighted by atomic mass is 32.1. The van der Waals surface area contributed by atoms with Crippen LogP contribution in [0.25, 0.3) is 10.4 Å². The zero-order chi connectivity index (χ0) is 50.9. The van der Waals surface area contributed by atoms with E-state index in [1.54, 1.807) is 31.2 Å². The van der Waals surface area contributed by atoms with E-state index in [9.17, 15) is 43.5 Å². The number of urea groups is 1. The minimum absolute atomic E-state index is 0.0351. The maximum absolute atomic E-state index is 14.2. The number of aryl methyl sites for hydroxylation is 1. The fourth-order valence-electron chi connectivity index (χ4n) is 8.38. The molecule has 1 saturated carbocycles. The van der Waals surface area contributed by atoms with Crippen LogP contribution >= 0.6 is 11.3 Å². The van der Waals surface area contributed by atoms with Crippen molar-refractivity contribution >= 4 is 64.9 Å². The number of carboxylic acid groups (broad SMARTS) is 1. The number of anilines is 1. The smallest absolute Gasteiger partial charge is 0.480 e. The number of ether oxygens (including phenoxy) is 3. The molecule has 0 bridgehead atoms. The van der Waals surface area contributed by atoms with Crippen molar-refractivity contribution in [1.82, 2.24) is 35.6 Å². The predicted octanol–water partition coefficient (Wildman–Crippen LogP) is 4.47. The van der Waals surface area contributed by atoms with Crippen molar-refractivity contribution in [2.45, 2.75) is 109 Å². The van der Waals surface area contributed by atoms with Crippen molar-refractivity contribution < 1.29 is 57.7 Å². The van der Waals surface area contributed by atoms with E-state index >= 15 is 0 Å². The summed E-state index contributed by atoms with van der Waals surface area (Å²) in [5, 5.41) is 20.5. The van der Waals surface area contributed by atoms with Gasteiger partial charge in [0.1, 0.15) is 29.2 Å². The molecule has 0 spiro atoms. The molecule has 3 fully saturated rings. The molecule has 2 aliphatic heterocycles. The van der Waals surface area contributed by atoms with Crippen LogP contribution in [0, 0.1) is 12.3 Å². The quantitative estimate of drug-likeness (QED) is 0.0619. The van der Waals surface area contributed by atoms with Crippen LogP contribution in [0.1, 0.15) is 95.2 Å². The summed E-state index contributed by atoms with van der Waals surface area (Å²) in [6, 6.07) is 10.1. The number of thiazole rings is 1. The van der Waals surface area contributed by atoms with E-state index in [1.165, 1.54) is 40.5 Å². The van der Waals surface area contributed by atoms with Gasteiger partial charge >= 0.3 is 24.2 Å². The first-order valence-corrected chi connectivity index (χ1v) is 24.2. The highest BCUT2D eigenvalue weighted by Crippen LogP contribution is 2.41. The Morgan fingerprint density at radius 2 is 1.60 bits per heavy atom. The summed E-state index contributed by atoms with van der Waals surface area (Å²) in [6.07, 6.45) is -3.57. The van der Waals surface area contributed by atoms with Gasteiger partial charge in [0.25, 0.3) is 5.91 Å². The third kappa shape index (κ3) is 13.3. The van der Waals surface area contributed by atoms with E-state index < -0.39 is 89.2 Å². The first kappa shape index (κ1) is 52.6. The normalized spacial score (nSPS) is 19.1. The molecule has 21 nitrogen and oxygen atoms in total. The number of aliphatic carboxylic acids is 1. The number of benzene rings is 2. The average molecular weight is 990 g/mol. The molecule has 6 rings (SSSR count). The SMILES string of the molecule is Cc1ncsc1-c1ccc(C(C)NC(=O)[C@@H]2C[C@@H](OC(=O)OC(C(=O)N3CCN(C)CC3)c3ccc(NC(=O)C(CCCNC(N)=O)NC(=O)C4(C(=O)O)CCC4)cc3)CN2C(=O)OC(C)(C)C)cc1. The van der Waals surface area contributed by atoms with E-state index in [1.807, 2.05) is 50.1 Å². The second-order valence-electron chi connectivity index (χ2n) is 18.9. The molecule has 7 N–H and O–H groups in total. The second-order valence-corrected chi connectivity index (χ2v) is 19.8. The maximum Gasteiger partial charge on any atom is 0.509 e. The van der Waals surface area contributed by atoms with Crippen LogP contribution in [0.4, 0.5) is 20.1 Å². The summed E-state index contributed by atoms with van der Waals surface area (Å²) in [6.45, 7) is 10.6. The molecular weight excluding hydrogens is 927 g/mol. The molecule has 7 amide bonds. The number of carbonyl (C=O) groups excluding carboxylic acids is 7. The van der Waals surface area contributed by atoms with Gasteiger partial charge in [-0.15, -0.1) is 11.3 Å². The van der Waals surface area contributed by atoms with Gasteiger partial charge in [0, 0.05) is 50.4 Å². The van der Waals surface area contributed by atoms with Gasteiger partial charge in [-0.3, -0.25) is 28.9 Å². The van der Waals surface area contributed by atoms with Crippen LogP contribution in [-0.2, 0) is 38.2 Å². The Hall–Kier alpha value is -6.81. The summed E-state index contributed by atoms with van der Waals surface area (Å²) in [7, 11) is 1.92. The molecule has 3 aromatic rings. The van der Waals surface area contributed by atoms with E-state index in [-0.39, 0.29) is 56.4 Å². The minimum atomic E-state index is -1.64. The number of amides is 7. The van der Waals surface area contributed by atoms with Crippen molar-refractivity contribution in [2.75, 3.05) is 51.6 Å². The standard InChI is InChI=1S/C48H63N9O12S/c1-28(30-10-12-32(13-11-30)38-29(2)51-27-70-38)52-40(59)36-25-34(26-57(36)45(65)69-47(3,4)5)67-46(66)68-37(41(60)56-23-21-55(6)22-24-56)31-14-16-33(17-15-31)53-39(58)35(9-7-20-50-44(49)64)54-42(61)48(43(62)63)18-8-19-48/h10-17,27-28,34-37H,7-9,18-26H2,1-6H3,(H,52,59)(H,53,58)(H,54,61)(H,62,63)(H3,49,50,64)/t28?,34-,35?,36+,37?/m1/s1. The number of nitrogens with zero attached hydrogens (tertiary/aromatic N) is 4. The van der Waals surface area contributed by atoms with E-state index in [0.29, 0.717) is 32.6 Å². The number of likely N-dealkylation sites (N-methyl/N-ethyl adjacent to an activating group) is 1. The monoisotopic (exact) mass is 989 g/mol. The van der Waals surface area contributed by atoms with Gasteiger partial charge in [-0.05, 0) is 90.6 Å². The van der Waals surface area contributed by atoms with Crippen molar-refractivity contribution in [3.8, 4) is 10.4 Å². The molecule has 378 valence electrons.